The molecule has 0 aromatic heterocycles. The Morgan fingerprint density at radius 3 is 2.76 bits per heavy atom. The van der Waals surface area contributed by atoms with Gasteiger partial charge in [-0.1, -0.05) is 0 Å². The number of ether oxygens (including phenoxy) is 2. The number of hydrogen-bond donors (Lipinski definition) is 0. The van der Waals surface area contributed by atoms with E-state index < -0.39 is 5.41 Å². The predicted octanol–water partition coefficient (Wildman–Crippen LogP) is 0.554. The summed E-state index contributed by atoms with van der Waals surface area (Å²) in [4.78, 5) is 14.2. The molecule has 0 aliphatic carbocycles. The van der Waals surface area contributed by atoms with Gasteiger partial charge in [0.1, 0.15) is 5.41 Å². The molecule has 5 heteroatoms. The molecular weight excluding hydrogens is 220 g/mol. The van der Waals surface area contributed by atoms with E-state index in [1.807, 2.05) is 0 Å². The van der Waals surface area contributed by atoms with Gasteiger partial charge in [0.2, 0.25) is 5.91 Å². The van der Waals surface area contributed by atoms with Crippen molar-refractivity contribution in [3.05, 3.63) is 0 Å². The van der Waals surface area contributed by atoms with Gasteiger partial charge in [-0.05, 0) is 19.3 Å². The molecule has 2 heterocycles. The molecule has 2 rings (SSSR count). The number of amides is 1. The predicted molar refractivity (Wildman–Crippen MR) is 60.1 cm³/mol. The summed E-state index contributed by atoms with van der Waals surface area (Å²) in [6.45, 7) is 2.31. The van der Waals surface area contributed by atoms with Crippen LogP contribution in [-0.2, 0) is 14.3 Å². The maximum Gasteiger partial charge on any atom is 0.243 e. The molecule has 0 bridgehead atoms. The average Bonchev–Trinajstić information content (AvgIpc) is 2.87. The van der Waals surface area contributed by atoms with Gasteiger partial charge in [0.05, 0.1) is 12.2 Å². The van der Waals surface area contributed by atoms with Crippen LogP contribution in [0.3, 0.4) is 0 Å². The SMILES string of the molecule is COC1CCN(C(=O)C2(C#N)CCOCC2)C1. The Labute approximate surface area is 101 Å². The van der Waals surface area contributed by atoms with Gasteiger partial charge in [0, 0.05) is 33.4 Å². The maximum absolute atomic E-state index is 12.4. The van der Waals surface area contributed by atoms with Crippen molar-refractivity contribution in [2.75, 3.05) is 33.4 Å². The minimum atomic E-state index is -0.860. The first-order valence-corrected chi connectivity index (χ1v) is 6.03. The zero-order valence-electron chi connectivity index (χ0n) is 10.1. The minimum absolute atomic E-state index is 0.0390. The molecule has 0 aromatic rings. The highest BCUT2D eigenvalue weighted by Gasteiger charge is 2.44. The van der Waals surface area contributed by atoms with Crippen LogP contribution in [0.1, 0.15) is 19.3 Å². The second-order valence-electron chi connectivity index (χ2n) is 4.70. The minimum Gasteiger partial charge on any atom is -0.381 e. The zero-order chi connectivity index (χ0) is 12.3. The highest BCUT2D eigenvalue weighted by Crippen LogP contribution is 2.33. The standard InChI is InChI=1S/C12H18N2O3/c1-16-10-2-5-14(8-10)11(15)12(9-13)3-6-17-7-4-12/h10H,2-8H2,1H3. The molecule has 2 aliphatic heterocycles. The van der Waals surface area contributed by atoms with E-state index in [2.05, 4.69) is 6.07 Å². The number of likely N-dealkylation sites (tertiary alicyclic amines) is 1. The molecule has 1 atom stereocenters. The fourth-order valence-electron chi connectivity index (χ4n) is 2.50. The second-order valence-corrected chi connectivity index (χ2v) is 4.70. The largest absolute Gasteiger partial charge is 0.381 e. The number of nitrogens with zero attached hydrogens (tertiary/aromatic N) is 2. The third kappa shape index (κ3) is 2.28. The number of carbonyl (C=O) groups is 1. The van der Waals surface area contributed by atoms with Crippen molar-refractivity contribution >= 4 is 5.91 Å². The Morgan fingerprint density at radius 1 is 1.53 bits per heavy atom. The lowest BCUT2D eigenvalue weighted by Crippen LogP contribution is -2.45. The summed E-state index contributed by atoms with van der Waals surface area (Å²) in [7, 11) is 1.66. The van der Waals surface area contributed by atoms with E-state index in [9.17, 15) is 10.1 Å². The molecule has 0 aromatic carbocycles. The monoisotopic (exact) mass is 238 g/mol. The van der Waals surface area contributed by atoms with Gasteiger partial charge in [-0.3, -0.25) is 4.79 Å². The summed E-state index contributed by atoms with van der Waals surface area (Å²) in [5, 5.41) is 9.31. The van der Waals surface area contributed by atoms with E-state index in [4.69, 9.17) is 9.47 Å². The van der Waals surface area contributed by atoms with Crippen molar-refractivity contribution in [3.63, 3.8) is 0 Å². The van der Waals surface area contributed by atoms with E-state index in [1.54, 1.807) is 12.0 Å². The molecule has 0 saturated carbocycles. The molecule has 5 nitrogen and oxygen atoms in total. The fourth-order valence-corrected chi connectivity index (χ4v) is 2.50. The van der Waals surface area contributed by atoms with Crippen LogP contribution < -0.4 is 0 Å². The molecule has 0 N–H and O–H groups in total. The van der Waals surface area contributed by atoms with Crippen LogP contribution in [0.2, 0.25) is 0 Å². The third-order valence-corrected chi connectivity index (χ3v) is 3.74. The Bertz CT molecular complexity index is 331. The van der Waals surface area contributed by atoms with E-state index in [0.717, 1.165) is 6.42 Å². The summed E-state index contributed by atoms with van der Waals surface area (Å²) in [6.07, 6.45) is 2.00. The molecule has 2 aliphatic rings. The topological polar surface area (TPSA) is 62.6 Å². The van der Waals surface area contributed by atoms with Gasteiger partial charge in [-0.15, -0.1) is 0 Å². The summed E-state index contributed by atoms with van der Waals surface area (Å²) in [6, 6.07) is 2.21. The lowest BCUT2D eigenvalue weighted by atomic mass is 9.80. The van der Waals surface area contributed by atoms with Crippen molar-refractivity contribution in [2.45, 2.75) is 25.4 Å². The maximum atomic E-state index is 12.4. The highest BCUT2D eigenvalue weighted by molar-refractivity contribution is 5.85. The first-order valence-electron chi connectivity index (χ1n) is 6.03. The molecular formula is C12H18N2O3. The van der Waals surface area contributed by atoms with Crippen LogP contribution in [0.15, 0.2) is 0 Å². The smallest absolute Gasteiger partial charge is 0.243 e. The van der Waals surface area contributed by atoms with Gasteiger partial charge in [0.25, 0.3) is 0 Å². The molecule has 1 unspecified atom stereocenters. The van der Waals surface area contributed by atoms with Crippen molar-refractivity contribution in [2.24, 2.45) is 5.41 Å². The van der Waals surface area contributed by atoms with Gasteiger partial charge in [0.15, 0.2) is 0 Å². The zero-order valence-corrected chi connectivity index (χ0v) is 10.1. The highest BCUT2D eigenvalue weighted by atomic mass is 16.5. The number of methoxy groups -OCH3 is 1. The molecule has 2 saturated heterocycles. The molecule has 0 radical (unpaired) electrons. The summed E-state index contributed by atoms with van der Waals surface area (Å²) >= 11 is 0. The van der Waals surface area contributed by atoms with Crippen molar-refractivity contribution < 1.29 is 14.3 Å². The quantitative estimate of drug-likeness (QED) is 0.705. The molecule has 94 valence electrons. The lowest BCUT2D eigenvalue weighted by Gasteiger charge is -2.32. The first kappa shape index (κ1) is 12.3. The number of carbonyl (C=O) groups excluding carboxylic acids is 1. The van der Waals surface area contributed by atoms with Crippen LogP contribution >= 0.6 is 0 Å². The average molecular weight is 238 g/mol. The summed E-state index contributed by atoms with van der Waals surface area (Å²) in [5.41, 5.74) is -0.860. The van der Waals surface area contributed by atoms with Gasteiger partial charge < -0.3 is 14.4 Å². The number of nitriles is 1. The summed E-state index contributed by atoms with van der Waals surface area (Å²) < 4.78 is 10.5. The normalized spacial score (nSPS) is 27.8. The van der Waals surface area contributed by atoms with Crippen LogP contribution in [0, 0.1) is 16.7 Å². The molecule has 0 spiro atoms. The van der Waals surface area contributed by atoms with E-state index in [-0.39, 0.29) is 12.0 Å². The van der Waals surface area contributed by atoms with E-state index in [1.165, 1.54) is 0 Å². The lowest BCUT2D eigenvalue weighted by molar-refractivity contribution is -0.142. The van der Waals surface area contributed by atoms with E-state index >= 15 is 0 Å². The second kappa shape index (κ2) is 5.03. The molecule has 17 heavy (non-hydrogen) atoms. The molecule has 2 fully saturated rings. The summed E-state index contributed by atoms with van der Waals surface area (Å²) in [5.74, 6) is -0.0390. The van der Waals surface area contributed by atoms with Crippen molar-refractivity contribution in [1.82, 2.24) is 4.90 Å². The fraction of sp³-hybridized carbons (Fsp3) is 0.833. The Morgan fingerprint density at radius 2 is 2.24 bits per heavy atom. The van der Waals surface area contributed by atoms with E-state index in [0.29, 0.717) is 39.1 Å². The van der Waals surface area contributed by atoms with Crippen LogP contribution in [0.25, 0.3) is 0 Å². The van der Waals surface area contributed by atoms with Crippen LogP contribution in [0.4, 0.5) is 0 Å². The number of rotatable bonds is 2. The van der Waals surface area contributed by atoms with Crippen molar-refractivity contribution in [1.29, 1.82) is 5.26 Å². The number of hydrogen-bond acceptors (Lipinski definition) is 4. The van der Waals surface area contributed by atoms with Crippen LogP contribution in [0.5, 0.6) is 0 Å². The van der Waals surface area contributed by atoms with Crippen molar-refractivity contribution in [3.8, 4) is 6.07 Å². The molecule has 1 amide bonds. The van der Waals surface area contributed by atoms with Crippen LogP contribution in [-0.4, -0.2) is 50.3 Å². The first-order chi connectivity index (χ1) is 8.22. The van der Waals surface area contributed by atoms with Gasteiger partial charge in [-0.25, -0.2) is 0 Å². The third-order valence-electron chi connectivity index (χ3n) is 3.74. The van der Waals surface area contributed by atoms with Gasteiger partial charge in [-0.2, -0.15) is 5.26 Å². The Kier molecular flexibility index (Phi) is 3.65. The Hall–Kier alpha value is -1.12. The van der Waals surface area contributed by atoms with Gasteiger partial charge >= 0.3 is 0 Å². The Balaban J connectivity index is 2.05.